The number of piperidine rings is 1. The summed E-state index contributed by atoms with van der Waals surface area (Å²) in [6.07, 6.45) is 10.1. The fourth-order valence-electron chi connectivity index (χ4n) is 3.85. The molecule has 1 aliphatic heterocycles. The van der Waals surface area contributed by atoms with E-state index in [9.17, 15) is 4.79 Å². The van der Waals surface area contributed by atoms with E-state index in [0.29, 0.717) is 17.3 Å². The lowest BCUT2D eigenvalue weighted by Gasteiger charge is -2.46. The predicted octanol–water partition coefficient (Wildman–Crippen LogP) is 4.50. The van der Waals surface area contributed by atoms with Crippen molar-refractivity contribution in [3.63, 3.8) is 0 Å². The van der Waals surface area contributed by atoms with E-state index in [1.807, 2.05) is 41.3 Å². The number of aromatic nitrogens is 3. The zero-order valence-electron chi connectivity index (χ0n) is 15.5. The highest BCUT2D eigenvalue weighted by Crippen LogP contribution is 2.36. The summed E-state index contributed by atoms with van der Waals surface area (Å²) >= 11 is 5.93. The first-order valence-corrected chi connectivity index (χ1v) is 9.64. The maximum atomic E-state index is 13.2. The molecule has 1 aromatic carbocycles. The average molecular weight is 385 g/mol. The molecule has 2 aromatic rings. The molecule has 0 spiro atoms. The number of hydrogen-bond acceptors (Lipinski definition) is 3. The minimum absolute atomic E-state index is 0.0687. The fraction of sp³-hybridized carbons (Fsp3) is 0.381. The fourth-order valence-corrected chi connectivity index (χ4v) is 3.97. The number of benzene rings is 1. The molecule has 1 fully saturated rings. The molecule has 142 valence electrons. The minimum Gasteiger partial charge on any atom is -0.331 e. The monoisotopic (exact) mass is 384 g/mol. The Hall–Kier alpha value is -2.40. The van der Waals surface area contributed by atoms with Crippen molar-refractivity contribution >= 4 is 17.5 Å². The van der Waals surface area contributed by atoms with Gasteiger partial charge in [0, 0.05) is 11.6 Å². The third-order valence-corrected chi connectivity index (χ3v) is 5.41. The summed E-state index contributed by atoms with van der Waals surface area (Å²) in [5, 5.41) is 8.96. The third kappa shape index (κ3) is 4.30. The van der Waals surface area contributed by atoms with Crippen molar-refractivity contribution in [3.05, 3.63) is 72.1 Å². The van der Waals surface area contributed by atoms with Gasteiger partial charge in [0.1, 0.15) is 0 Å². The first-order valence-electron chi connectivity index (χ1n) is 9.26. The van der Waals surface area contributed by atoms with Crippen LogP contribution in [-0.2, 0) is 6.54 Å². The number of hydrogen-bond donors (Lipinski definition) is 0. The number of nitrogens with zero attached hydrogens (tertiary/aromatic N) is 4. The molecule has 0 atom stereocenters. The Labute approximate surface area is 165 Å². The van der Waals surface area contributed by atoms with Crippen LogP contribution in [0.2, 0.25) is 5.02 Å². The van der Waals surface area contributed by atoms with Crippen LogP contribution in [0, 0.1) is 0 Å². The van der Waals surface area contributed by atoms with E-state index in [1.54, 1.807) is 10.9 Å². The Morgan fingerprint density at radius 1 is 1.19 bits per heavy atom. The van der Waals surface area contributed by atoms with Crippen LogP contribution in [0.4, 0.5) is 0 Å². The van der Waals surface area contributed by atoms with E-state index >= 15 is 0 Å². The maximum absolute atomic E-state index is 13.2. The summed E-state index contributed by atoms with van der Waals surface area (Å²) < 4.78 is 1.68. The molecule has 6 heteroatoms. The van der Waals surface area contributed by atoms with Gasteiger partial charge in [-0.25, -0.2) is 4.68 Å². The summed E-state index contributed by atoms with van der Waals surface area (Å²) in [6, 6.07) is 7.56. The molecule has 0 saturated carbocycles. The number of carbonyl (C=O) groups is 1. The highest BCUT2D eigenvalue weighted by molar-refractivity contribution is 6.30. The van der Waals surface area contributed by atoms with Crippen LogP contribution in [-0.4, -0.2) is 37.9 Å². The van der Waals surface area contributed by atoms with Crippen molar-refractivity contribution in [1.29, 1.82) is 0 Å². The van der Waals surface area contributed by atoms with Gasteiger partial charge in [0.05, 0.1) is 18.3 Å². The first kappa shape index (κ1) is 19.4. The zero-order valence-corrected chi connectivity index (χ0v) is 16.2. The number of carbonyl (C=O) groups excluding carboxylic acids is 1. The maximum Gasteiger partial charge on any atom is 0.276 e. The Balaban J connectivity index is 1.79. The topological polar surface area (TPSA) is 51.0 Å². The Morgan fingerprint density at radius 2 is 1.89 bits per heavy atom. The van der Waals surface area contributed by atoms with Crippen LogP contribution >= 0.6 is 11.6 Å². The second kappa shape index (κ2) is 8.53. The van der Waals surface area contributed by atoms with E-state index in [0.717, 1.165) is 44.2 Å². The second-order valence-corrected chi connectivity index (χ2v) is 7.49. The highest BCUT2D eigenvalue weighted by Gasteiger charge is 2.40. The van der Waals surface area contributed by atoms with Crippen molar-refractivity contribution in [2.45, 2.75) is 44.2 Å². The van der Waals surface area contributed by atoms with Gasteiger partial charge in [-0.1, -0.05) is 41.1 Å². The normalized spacial score (nSPS) is 16.1. The lowest BCUT2D eigenvalue weighted by atomic mass is 9.80. The van der Waals surface area contributed by atoms with Gasteiger partial charge in [0.15, 0.2) is 5.69 Å². The van der Waals surface area contributed by atoms with Crippen LogP contribution in [0.3, 0.4) is 0 Å². The molecule has 1 aliphatic rings. The van der Waals surface area contributed by atoms with Crippen molar-refractivity contribution in [2.24, 2.45) is 0 Å². The lowest BCUT2D eigenvalue weighted by Crippen LogP contribution is -2.54. The summed E-state index contributed by atoms with van der Waals surface area (Å²) in [4.78, 5) is 15.2. The smallest absolute Gasteiger partial charge is 0.276 e. The Morgan fingerprint density at radius 3 is 2.56 bits per heavy atom. The molecule has 27 heavy (non-hydrogen) atoms. The third-order valence-electron chi connectivity index (χ3n) is 5.16. The molecule has 0 aliphatic carbocycles. The molecule has 1 aromatic heterocycles. The van der Waals surface area contributed by atoms with Crippen LogP contribution < -0.4 is 0 Å². The van der Waals surface area contributed by atoms with Crippen LogP contribution in [0.15, 0.2) is 55.8 Å². The Bertz CT molecular complexity index is 802. The quantitative estimate of drug-likeness (QED) is 0.660. The van der Waals surface area contributed by atoms with Gasteiger partial charge in [0.25, 0.3) is 5.91 Å². The number of rotatable bonds is 7. The summed E-state index contributed by atoms with van der Waals surface area (Å²) in [5.41, 5.74) is 1.18. The van der Waals surface area contributed by atoms with Gasteiger partial charge in [-0.2, -0.15) is 0 Å². The minimum atomic E-state index is -0.251. The molecule has 0 radical (unpaired) electrons. The van der Waals surface area contributed by atoms with E-state index in [1.165, 1.54) is 0 Å². The van der Waals surface area contributed by atoms with Crippen LogP contribution in [0.25, 0.3) is 0 Å². The zero-order chi connectivity index (χ0) is 19.3. The molecule has 3 rings (SSSR count). The largest absolute Gasteiger partial charge is 0.331 e. The van der Waals surface area contributed by atoms with Crippen LogP contribution in [0.1, 0.15) is 48.2 Å². The standard InChI is InChI=1S/C21H25ClN4O/c1-3-11-21(12-4-2)13-5-6-14-26(21)20(27)19-16-25(24-23-19)15-17-7-9-18(22)10-8-17/h3-4,7-10,16H,1-2,5-6,11-15H2. The second-order valence-electron chi connectivity index (χ2n) is 7.05. The number of amides is 1. The molecule has 0 N–H and O–H groups in total. The summed E-state index contributed by atoms with van der Waals surface area (Å²) in [5.74, 6) is -0.0687. The molecular formula is C21H25ClN4O. The molecule has 1 amide bonds. The van der Waals surface area contributed by atoms with Crippen molar-refractivity contribution in [1.82, 2.24) is 19.9 Å². The highest BCUT2D eigenvalue weighted by atomic mass is 35.5. The number of halogens is 1. The van der Waals surface area contributed by atoms with Gasteiger partial charge in [-0.3, -0.25) is 4.79 Å². The SMILES string of the molecule is C=CCC1(CC=C)CCCCN1C(=O)c1cn(Cc2ccc(Cl)cc2)nn1. The van der Waals surface area contributed by atoms with E-state index in [2.05, 4.69) is 23.5 Å². The average Bonchev–Trinajstić information content (AvgIpc) is 3.12. The van der Waals surface area contributed by atoms with Crippen molar-refractivity contribution < 1.29 is 4.79 Å². The van der Waals surface area contributed by atoms with Crippen LogP contribution in [0.5, 0.6) is 0 Å². The Kier molecular flexibility index (Phi) is 6.11. The molecule has 0 unspecified atom stereocenters. The lowest BCUT2D eigenvalue weighted by molar-refractivity contribution is 0.0324. The molecule has 0 bridgehead atoms. The summed E-state index contributed by atoms with van der Waals surface area (Å²) in [6.45, 7) is 9.05. The van der Waals surface area contributed by atoms with E-state index < -0.39 is 0 Å². The van der Waals surface area contributed by atoms with Gasteiger partial charge in [0.2, 0.25) is 0 Å². The van der Waals surface area contributed by atoms with E-state index in [-0.39, 0.29) is 11.4 Å². The first-order chi connectivity index (χ1) is 13.1. The number of likely N-dealkylation sites (tertiary alicyclic amines) is 1. The predicted molar refractivity (Wildman–Crippen MR) is 108 cm³/mol. The van der Waals surface area contributed by atoms with Gasteiger partial charge < -0.3 is 4.90 Å². The van der Waals surface area contributed by atoms with Crippen molar-refractivity contribution in [3.8, 4) is 0 Å². The van der Waals surface area contributed by atoms with Crippen molar-refractivity contribution in [2.75, 3.05) is 6.54 Å². The molecule has 5 nitrogen and oxygen atoms in total. The van der Waals surface area contributed by atoms with Gasteiger partial charge in [-0.05, 0) is 49.8 Å². The molecule has 1 saturated heterocycles. The molecule has 2 heterocycles. The molecular weight excluding hydrogens is 360 g/mol. The van der Waals surface area contributed by atoms with Gasteiger partial charge >= 0.3 is 0 Å². The van der Waals surface area contributed by atoms with E-state index in [4.69, 9.17) is 11.6 Å². The summed E-state index contributed by atoms with van der Waals surface area (Å²) in [7, 11) is 0. The van der Waals surface area contributed by atoms with Gasteiger partial charge in [-0.15, -0.1) is 18.3 Å².